The molecule has 0 saturated carbocycles. The average Bonchev–Trinajstić information content (AvgIpc) is 2.43. The molecule has 0 aromatic heterocycles. The zero-order valence-electron chi connectivity index (χ0n) is 12.1. The van der Waals surface area contributed by atoms with Crippen LogP contribution in [0.5, 0.6) is 11.5 Å². The Kier molecular flexibility index (Phi) is 5.65. The monoisotopic (exact) mass is 301 g/mol. The molecule has 1 rings (SSSR count). The fourth-order valence-corrected chi connectivity index (χ4v) is 1.83. The van der Waals surface area contributed by atoms with Crippen molar-refractivity contribution in [2.45, 2.75) is 25.9 Å². The van der Waals surface area contributed by atoms with Crippen molar-refractivity contribution in [1.29, 1.82) is 0 Å². The first kappa shape index (κ1) is 16.6. The van der Waals surface area contributed by atoms with Crippen molar-refractivity contribution in [2.75, 3.05) is 20.8 Å². The number of hydrogen-bond donors (Lipinski definition) is 2. The number of aliphatic hydroxyl groups is 1. The smallest absolute Gasteiger partial charge is 0.251 e. The van der Waals surface area contributed by atoms with Gasteiger partial charge in [-0.15, -0.1) is 0 Å². The second-order valence-electron chi connectivity index (χ2n) is 4.73. The molecule has 1 aromatic carbocycles. The summed E-state index contributed by atoms with van der Waals surface area (Å²) in [5.41, 5.74) is -0.588. The molecule has 0 aliphatic carbocycles. The van der Waals surface area contributed by atoms with Crippen LogP contribution < -0.4 is 14.8 Å². The fourth-order valence-electron chi connectivity index (χ4n) is 1.55. The second kappa shape index (κ2) is 6.81. The minimum atomic E-state index is -0.935. The van der Waals surface area contributed by atoms with Crippen molar-refractivity contribution >= 4 is 17.5 Å². The number of benzene rings is 1. The van der Waals surface area contributed by atoms with Gasteiger partial charge < -0.3 is 19.9 Å². The summed E-state index contributed by atoms with van der Waals surface area (Å²) in [6, 6.07) is 3.04. The van der Waals surface area contributed by atoms with Crippen LogP contribution in [0.3, 0.4) is 0 Å². The third kappa shape index (κ3) is 4.02. The van der Waals surface area contributed by atoms with E-state index in [4.69, 9.17) is 21.1 Å². The van der Waals surface area contributed by atoms with E-state index in [-0.39, 0.29) is 12.5 Å². The van der Waals surface area contributed by atoms with E-state index in [1.54, 1.807) is 13.0 Å². The SMILES string of the molecule is CCC(C)(O)CNC(=O)c1cc(Cl)c(OC)c(OC)c1. The van der Waals surface area contributed by atoms with Crippen molar-refractivity contribution in [2.24, 2.45) is 0 Å². The lowest BCUT2D eigenvalue weighted by Gasteiger charge is -2.21. The van der Waals surface area contributed by atoms with E-state index in [1.807, 2.05) is 6.92 Å². The molecule has 0 fully saturated rings. The van der Waals surface area contributed by atoms with Gasteiger partial charge in [-0.1, -0.05) is 18.5 Å². The summed E-state index contributed by atoms with van der Waals surface area (Å²) in [5, 5.41) is 12.8. The molecular formula is C14H20ClNO4. The Labute approximate surface area is 123 Å². The molecule has 6 heteroatoms. The standard InChI is InChI=1S/C14H20ClNO4/c1-5-14(2,18)8-16-13(17)9-6-10(15)12(20-4)11(7-9)19-3/h6-7,18H,5,8H2,1-4H3,(H,16,17). The van der Waals surface area contributed by atoms with E-state index in [0.29, 0.717) is 28.5 Å². The largest absolute Gasteiger partial charge is 0.493 e. The van der Waals surface area contributed by atoms with Crippen molar-refractivity contribution in [1.82, 2.24) is 5.32 Å². The molecule has 0 spiro atoms. The molecule has 1 aromatic rings. The Morgan fingerprint density at radius 3 is 2.55 bits per heavy atom. The number of nitrogens with one attached hydrogen (secondary N) is 1. The summed E-state index contributed by atoms with van der Waals surface area (Å²) in [6.45, 7) is 3.67. The number of amides is 1. The number of carbonyl (C=O) groups excluding carboxylic acids is 1. The van der Waals surface area contributed by atoms with Gasteiger partial charge in [-0.3, -0.25) is 4.79 Å². The number of methoxy groups -OCH3 is 2. The summed E-state index contributed by atoms with van der Waals surface area (Å²) < 4.78 is 10.2. The van der Waals surface area contributed by atoms with Crippen LogP contribution in [0, 0.1) is 0 Å². The van der Waals surface area contributed by atoms with Gasteiger partial charge in [0.1, 0.15) is 0 Å². The average molecular weight is 302 g/mol. The molecule has 0 bridgehead atoms. The lowest BCUT2D eigenvalue weighted by atomic mass is 10.0. The van der Waals surface area contributed by atoms with Gasteiger partial charge in [0, 0.05) is 12.1 Å². The highest BCUT2D eigenvalue weighted by atomic mass is 35.5. The summed E-state index contributed by atoms with van der Waals surface area (Å²) in [6.07, 6.45) is 0.542. The Morgan fingerprint density at radius 2 is 2.05 bits per heavy atom. The van der Waals surface area contributed by atoms with Crippen LogP contribution in [-0.2, 0) is 0 Å². The van der Waals surface area contributed by atoms with Crippen molar-refractivity contribution in [3.8, 4) is 11.5 Å². The highest BCUT2D eigenvalue weighted by Crippen LogP contribution is 2.35. The van der Waals surface area contributed by atoms with Crippen LogP contribution in [0.2, 0.25) is 5.02 Å². The van der Waals surface area contributed by atoms with Crippen LogP contribution in [0.1, 0.15) is 30.6 Å². The predicted octanol–water partition coefficient (Wildman–Crippen LogP) is 2.25. The van der Waals surface area contributed by atoms with E-state index in [0.717, 1.165) is 0 Å². The zero-order chi connectivity index (χ0) is 15.3. The predicted molar refractivity (Wildman–Crippen MR) is 77.8 cm³/mol. The van der Waals surface area contributed by atoms with Crippen LogP contribution in [-0.4, -0.2) is 37.4 Å². The van der Waals surface area contributed by atoms with E-state index in [9.17, 15) is 9.90 Å². The van der Waals surface area contributed by atoms with Gasteiger partial charge in [0.15, 0.2) is 11.5 Å². The van der Waals surface area contributed by atoms with Crippen molar-refractivity contribution in [3.63, 3.8) is 0 Å². The maximum Gasteiger partial charge on any atom is 0.251 e. The van der Waals surface area contributed by atoms with E-state index >= 15 is 0 Å². The lowest BCUT2D eigenvalue weighted by Crippen LogP contribution is -2.40. The number of ether oxygens (including phenoxy) is 2. The summed E-state index contributed by atoms with van der Waals surface area (Å²) in [5.74, 6) is 0.431. The molecule has 0 heterocycles. The zero-order valence-corrected chi connectivity index (χ0v) is 12.9. The molecule has 1 amide bonds. The lowest BCUT2D eigenvalue weighted by molar-refractivity contribution is 0.0518. The summed E-state index contributed by atoms with van der Waals surface area (Å²) >= 11 is 6.04. The minimum Gasteiger partial charge on any atom is -0.493 e. The maximum absolute atomic E-state index is 12.1. The highest BCUT2D eigenvalue weighted by molar-refractivity contribution is 6.32. The topological polar surface area (TPSA) is 67.8 Å². The molecule has 5 nitrogen and oxygen atoms in total. The fraction of sp³-hybridized carbons (Fsp3) is 0.500. The number of halogens is 1. The first-order valence-corrected chi connectivity index (χ1v) is 6.64. The number of carbonyl (C=O) groups is 1. The first-order chi connectivity index (χ1) is 9.34. The molecule has 112 valence electrons. The van der Waals surface area contributed by atoms with E-state index < -0.39 is 5.60 Å². The van der Waals surface area contributed by atoms with Crippen LogP contribution in [0.4, 0.5) is 0 Å². The van der Waals surface area contributed by atoms with Gasteiger partial charge in [-0.25, -0.2) is 0 Å². The van der Waals surface area contributed by atoms with Gasteiger partial charge in [0.2, 0.25) is 0 Å². The van der Waals surface area contributed by atoms with Gasteiger partial charge in [-0.2, -0.15) is 0 Å². The van der Waals surface area contributed by atoms with Crippen molar-refractivity contribution < 1.29 is 19.4 Å². The molecular weight excluding hydrogens is 282 g/mol. The van der Waals surface area contributed by atoms with Crippen LogP contribution >= 0.6 is 11.6 Å². The molecule has 0 radical (unpaired) electrons. The van der Waals surface area contributed by atoms with Gasteiger partial charge >= 0.3 is 0 Å². The van der Waals surface area contributed by atoms with Crippen molar-refractivity contribution in [3.05, 3.63) is 22.7 Å². The summed E-state index contributed by atoms with van der Waals surface area (Å²) in [7, 11) is 2.94. The molecule has 1 atom stereocenters. The van der Waals surface area contributed by atoms with Crippen LogP contribution in [0.25, 0.3) is 0 Å². The first-order valence-electron chi connectivity index (χ1n) is 6.26. The Balaban J connectivity index is 2.92. The van der Waals surface area contributed by atoms with E-state index in [2.05, 4.69) is 5.32 Å². The highest BCUT2D eigenvalue weighted by Gasteiger charge is 2.20. The van der Waals surface area contributed by atoms with Crippen LogP contribution in [0.15, 0.2) is 12.1 Å². The van der Waals surface area contributed by atoms with Gasteiger partial charge in [0.05, 0.1) is 24.8 Å². The Hall–Kier alpha value is -1.46. The quantitative estimate of drug-likeness (QED) is 0.845. The molecule has 2 N–H and O–H groups in total. The molecule has 0 aliphatic heterocycles. The van der Waals surface area contributed by atoms with Gasteiger partial charge in [-0.05, 0) is 25.5 Å². The summed E-state index contributed by atoms with van der Waals surface area (Å²) in [4.78, 5) is 12.1. The van der Waals surface area contributed by atoms with E-state index in [1.165, 1.54) is 20.3 Å². The van der Waals surface area contributed by atoms with Gasteiger partial charge in [0.25, 0.3) is 5.91 Å². The molecule has 1 unspecified atom stereocenters. The number of hydrogen-bond acceptors (Lipinski definition) is 4. The molecule has 20 heavy (non-hydrogen) atoms. The third-order valence-corrected chi connectivity index (χ3v) is 3.37. The second-order valence-corrected chi connectivity index (χ2v) is 5.13. The minimum absolute atomic E-state index is 0.161. The normalized spacial score (nSPS) is 13.5. The number of rotatable bonds is 6. The molecule has 0 saturated heterocycles. The Morgan fingerprint density at radius 1 is 1.40 bits per heavy atom. The molecule has 0 aliphatic rings. The third-order valence-electron chi connectivity index (χ3n) is 3.09. The Bertz CT molecular complexity index is 488. The maximum atomic E-state index is 12.1.